The van der Waals surface area contributed by atoms with Crippen molar-refractivity contribution in [3.05, 3.63) is 83.6 Å². The number of hydrogen-bond acceptors (Lipinski definition) is 4. The van der Waals surface area contributed by atoms with Crippen LogP contribution in [-0.2, 0) is 13.0 Å². The third-order valence-electron chi connectivity index (χ3n) is 4.23. The van der Waals surface area contributed by atoms with Crippen LogP contribution in [0.2, 0.25) is 0 Å². The van der Waals surface area contributed by atoms with Crippen LogP contribution < -0.4 is 9.64 Å². The first-order chi connectivity index (χ1) is 12.7. The number of anilines is 1. The van der Waals surface area contributed by atoms with E-state index in [9.17, 15) is 9.18 Å². The number of benzene rings is 1. The number of halogens is 1. The first-order valence-electron chi connectivity index (χ1n) is 8.30. The standard InChI is InChI=1S/C20H16FN3O2/c21-15-6-7-19(23-11-15)24-9-8-18-17(20(24)25)10-16(12-22-18)26-13-14-4-2-1-3-5-14/h1-7,10-12H,8-9,13H2. The van der Waals surface area contributed by atoms with E-state index in [1.54, 1.807) is 12.3 Å². The summed E-state index contributed by atoms with van der Waals surface area (Å²) >= 11 is 0. The van der Waals surface area contributed by atoms with Gasteiger partial charge in [0.05, 0.1) is 23.7 Å². The van der Waals surface area contributed by atoms with E-state index < -0.39 is 5.82 Å². The molecule has 0 unspecified atom stereocenters. The van der Waals surface area contributed by atoms with Gasteiger partial charge in [0.25, 0.3) is 5.91 Å². The molecule has 1 amide bonds. The lowest BCUT2D eigenvalue weighted by Crippen LogP contribution is -2.38. The zero-order valence-electron chi connectivity index (χ0n) is 13.9. The fourth-order valence-electron chi connectivity index (χ4n) is 2.89. The summed E-state index contributed by atoms with van der Waals surface area (Å²) in [4.78, 5) is 22.7. The van der Waals surface area contributed by atoms with E-state index in [2.05, 4.69) is 9.97 Å². The van der Waals surface area contributed by atoms with E-state index >= 15 is 0 Å². The minimum Gasteiger partial charge on any atom is -0.487 e. The predicted octanol–water partition coefficient (Wildman–Crippen LogP) is 3.40. The highest BCUT2D eigenvalue weighted by Gasteiger charge is 2.27. The molecular weight excluding hydrogens is 333 g/mol. The van der Waals surface area contributed by atoms with Crippen molar-refractivity contribution in [3.8, 4) is 5.75 Å². The number of ether oxygens (including phenoxy) is 1. The maximum atomic E-state index is 13.1. The van der Waals surface area contributed by atoms with Gasteiger partial charge in [0.15, 0.2) is 0 Å². The van der Waals surface area contributed by atoms with Crippen LogP contribution in [0.5, 0.6) is 5.75 Å². The van der Waals surface area contributed by atoms with Gasteiger partial charge in [0, 0.05) is 13.0 Å². The van der Waals surface area contributed by atoms with Crippen LogP contribution in [0, 0.1) is 5.82 Å². The molecule has 0 saturated heterocycles. The zero-order valence-corrected chi connectivity index (χ0v) is 13.9. The molecule has 0 N–H and O–H groups in total. The Bertz CT molecular complexity index is 930. The molecule has 0 bridgehead atoms. The maximum Gasteiger partial charge on any atom is 0.261 e. The monoisotopic (exact) mass is 349 g/mol. The SMILES string of the molecule is O=C1c2cc(OCc3ccccc3)cnc2CCN1c1ccc(F)cn1. The van der Waals surface area contributed by atoms with Crippen molar-refractivity contribution < 1.29 is 13.9 Å². The lowest BCUT2D eigenvalue weighted by molar-refractivity contribution is 0.0978. The highest BCUT2D eigenvalue weighted by Crippen LogP contribution is 2.25. The summed E-state index contributed by atoms with van der Waals surface area (Å²) in [5.41, 5.74) is 2.27. The van der Waals surface area contributed by atoms with Crippen LogP contribution in [0.15, 0.2) is 60.9 Å². The van der Waals surface area contributed by atoms with Crippen molar-refractivity contribution >= 4 is 11.7 Å². The molecule has 0 aliphatic carbocycles. The maximum absolute atomic E-state index is 13.1. The Balaban J connectivity index is 1.55. The number of amides is 1. The third-order valence-corrected chi connectivity index (χ3v) is 4.23. The van der Waals surface area contributed by atoms with Gasteiger partial charge in [-0.1, -0.05) is 30.3 Å². The summed E-state index contributed by atoms with van der Waals surface area (Å²) in [6.07, 6.45) is 3.36. The zero-order chi connectivity index (χ0) is 17.9. The summed E-state index contributed by atoms with van der Waals surface area (Å²) < 4.78 is 18.8. The Kier molecular flexibility index (Phi) is 4.31. The molecule has 1 aromatic carbocycles. The minimum absolute atomic E-state index is 0.206. The second kappa shape index (κ2) is 6.92. The normalized spacial score (nSPS) is 13.4. The molecule has 4 rings (SSSR count). The van der Waals surface area contributed by atoms with Gasteiger partial charge in [-0.25, -0.2) is 9.37 Å². The van der Waals surface area contributed by atoms with E-state index in [0.29, 0.717) is 36.7 Å². The Hall–Kier alpha value is -3.28. The number of fused-ring (bicyclic) bond motifs is 1. The minimum atomic E-state index is -0.433. The summed E-state index contributed by atoms with van der Waals surface area (Å²) in [5.74, 6) is 0.326. The topological polar surface area (TPSA) is 55.3 Å². The van der Waals surface area contributed by atoms with Gasteiger partial charge in [0.1, 0.15) is 24.0 Å². The predicted molar refractivity (Wildman–Crippen MR) is 94.6 cm³/mol. The molecule has 0 spiro atoms. The molecule has 0 radical (unpaired) electrons. The number of hydrogen-bond donors (Lipinski definition) is 0. The highest BCUT2D eigenvalue weighted by molar-refractivity contribution is 6.07. The van der Waals surface area contributed by atoms with Gasteiger partial charge < -0.3 is 4.74 Å². The van der Waals surface area contributed by atoms with Crippen molar-refractivity contribution in [1.82, 2.24) is 9.97 Å². The molecule has 0 saturated carbocycles. The van der Waals surface area contributed by atoms with E-state index in [1.807, 2.05) is 30.3 Å². The van der Waals surface area contributed by atoms with Crippen LogP contribution >= 0.6 is 0 Å². The Morgan fingerprint density at radius 3 is 2.69 bits per heavy atom. The molecule has 0 fully saturated rings. The smallest absolute Gasteiger partial charge is 0.261 e. The average molecular weight is 349 g/mol. The molecule has 130 valence electrons. The number of carbonyl (C=O) groups is 1. The average Bonchev–Trinajstić information content (AvgIpc) is 2.69. The number of rotatable bonds is 4. The number of carbonyl (C=O) groups excluding carboxylic acids is 1. The van der Waals surface area contributed by atoms with Crippen LogP contribution in [-0.4, -0.2) is 22.4 Å². The highest BCUT2D eigenvalue weighted by atomic mass is 19.1. The van der Waals surface area contributed by atoms with E-state index in [-0.39, 0.29) is 5.91 Å². The van der Waals surface area contributed by atoms with Gasteiger partial charge >= 0.3 is 0 Å². The van der Waals surface area contributed by atoms with Crippen LogP contribution in [0.25, 0.3) is 0 Å². The van der Waals surface area contributed by atoms with Gasteiger partial charge in [-0.3, -0.25) is 14.7 Å². The quantitative estimate of drug-likeness (QED) is 0.724. The number of aromatic nitrogens is 2. The molecular formula is C20H16FN3O2. The van der Waals surface area contributed by atoms with E-state index in [1.165, 1.54) is 17.0 Å². The molecule has 0 atom stereocenters. The van der Waals surface area contributed by atoms with Crippen LogP contribution in [0.3, 0.4) is 0 Å². The largest absolute Gasteiger partial charge is 0.487 e. The van der Waals surface area contributed by atoms with Gasteiger partial charge in [-0.2, -0.15) is 0 Å². The molecule has 3 heterocycles. The fourth-order valence-corrected chi connectivity index (χ4v) is 2.89. The molecule has 2 aromatic heterocycles. The van der Waals surface area contributed by atoms with E-state index in [4.69, 9.17) is 4.74 Å². The first kappa shape index (κ1) is 16.2. The summed E-state index contributed by atoms with van der Waals surface area (Å²) in [7, 11) is 0. The Morgan fingerprint density at radius 2 is 1.92 bits per heavy atom. The second-order valence-electron chi connectivity index (χ2n) is 5.98. The van der Waals surface area contributed by atoms with Crippen molar-refractivity contribution in [2.24, 2.45) is 0 Å². The third kappa shape index (κ3) is 3.26. The summed E-state index contributed by atoms with van der Waals surface area (Å²) in [6, 6.07) is 14.3. The lowest BCUT2D eigenvalue weighted by atomic mass is 10.0. The molecule has 5 nitrogen and oxygen atoms in total. The summed E-state index contributed by atoms with van der Waals surface area (Å²) in [5, 5.41) is 0. The second-order valence-corrected chi connectivity index (χ2v) is 5.98. The van der Waals surface area contributed by atoms with Crippen LogP contribution in [0.4, 0.5) is 10.2 Å². The van der Waals surface area contributed by atoms with Crippen molar-refractivity contribution in [2.75, 3.05) is 11.4 Å². The number of nitrogens with zero attached hydrogens (tertiary/aromatic N) is 3. The molecule has 1 aliphatic rings. The Morgan fingerprint density at radius 1 is 1.08 bits per heavy atom. The van der Waals surface area contributed by atoms with Gasteiger partial charge in [-0.05, 0) is 23.8 Å². The molecule has 6 heteroatoms. The van der Waals surface area contributed by atoms with Crippen molar-refractivity contribution in [2.45, 2.75) is 13.0 Å². The first-order valence-corrected chi connectivity index (χ1v) is 8.30. The van der Waals surface area contributed by atoms with Crippen molar-refractivity contribution in [3.63, 3.8) is 0 Å². The van der Waals surface area contributed by atoms with Gasteiger partial charge in [-0.15, -0.1) is 0 Å². The number of pyridine rings is 2. The Labute approximate surface area is 150 Å². The molecule has 26 heavy (non-hydrogen) atoms. The summed E-state index contributed by atoms with van der Waals surface area (Å²) in [6.45, 7) is 0.862. The fraction of sp³-hybridized carbons (Fsp3) is 0.150. The van der Waals surface area contributed by atoms with E-state index in [0.717, 1.165) is 17.5 Å². The van der Waals surface area contributed by atoms with Crippen molar-refractivity contribution in [1.29, 1.82) is 0 Å². The van der Waals surface area contributed by atoms with Crippen LogP contribution in [0.1, 0.15) is 21.6 Å². The lowest BCUT2D eigenvalue weighted by Gasteiger charge is -2.27. The molecule has 1 aliphatic heterocycles. The van der Waals surface area contributed by atoms with Gasteiger partial charge in [0.2, 0.25) is 0 Å². The molecule has 3 aromatic rings.